The number of piperidine rings is 1. The van der Waals surface area contributed by atoms with Crippen molar-refractivity contribution in [3.05, 3.63) is 0 Å². The first-order chi connectivity index (χ1) is 7.24. The maximum Gasteiger partial charge on any atom is 0.315 e. The van der Waals surface area contributed by atoms with Gasteiger partial charge < -0.3 is 15.5 Å². The fraction of sp³-hybridized carbons (Fsp3) is 0.909. The zero-order valence-corrected chi connectivity index (χ0v) is 9.46. The third kappa shape index (κ3) is 3.09. The van der Waals surface area contributed by atoms with Gasteiger partial charge in [-0.1, -0.05) is 0 Å². The van der Waals surface area contributed by atoms with E-state index in [9.17, 15) is 4.79 Å². The maximum absolute atomic E-state index is 11.6. The van der Waals surface area contributed by atoms with Crippen LogP contribution in [0.1, 0.15) is 32.1 Å². The number of hydrogen-bond acceptors (Lipinski definition) is 2. The largest absolute Gasteiger partial charge is 0.335 e. The third-order valence-corrected chi connectivity index (χ3v) is 3.49. The van der Waals surface area contributed by atoms with Gasteiger partial charge in [-0.15, -0.1) is 0 Å². The molecule has 2 N–H and O–H groups in total. The molecule has 2 rings (SSSR count). The molecule has 0 aromatic carbocycles. The molecule has 2 aliphatic rings. The molecule has 2 amide bonds. The number of nitrogens with zero attached hydrogens (tertiary/aromatic N) is 1. The molecule has 4 nitrogen and oxygen atoms in total. The SMILES string of the molecule is CN1CCC(NC(=O)NC2CCC2)CC1. The highest BCUT2D eigenvalue weighted by atomic mass is 16.2. The van der Waals surface area contributed by atoms with Gasteiger partial charge in [0.05, 0.1) is 0 Å². The average molecular weight is 211 g/mol. The molecule has 0 atom stereocenters. The normalized spacial score (nSPS) is 24.6. The van der Waals surface area contributed by atoms with Crippen LogP contribution >= 0.6 is 0 Å². The lowest BCUT2D eigenvalue weighted by molar-refractivity contribution is 0.206. The summed E-state index contributed by atoms with van der Waals surface area (Å²) in [5.74, 6) is 0. The standard InChI is InChI=1S/C11H21N3O/c1-14-7-5-10(6-8-14)13-11(15)12-9-3-2-4-9/h9-10H,2-8H2,1H3,(H2,12,13,15). The molecule has 1 aliphatic carbocycles. The summed E-state index contributed by atoms with van der Waals surface area (Å²) in [6.45, 7) is 2.18. The summed E-state index contributed by atoms with van der Waals surface area (Å²) in [7, 11) is 2.13. The second kappa shape index (κ2) is 4.84. The van der Waals surface area contributed by atoms with Gasteiger partial charge in [0.15, 0.2) is 0 Å². The van der Waals surface area contributed by atoms with Gasteiger partial charge in [0.2, 0.25) is 0 Å². The van der Waals surface area contributed by atoms with E-state index >= 15 is 0 Å². The van der Waals surface area contributed by atoms with Crippen LogP contribution in [0.4, 0.5) is 4.79 Å². The number of urea groups is 1. The lowest BCUT2D eigenvalue weighted by atomic mass is 9.93. The van der Waals surface area contributed by atoms with E-state index in [-0.39, 0.29) is 6.03 Å². The van der Waals surface area contributed by atoms with E-state index in [1.165, 1.54) is 6.42 Å². The van der Waals surface area contributed by atoms with Crippen molar-refractivity contribution < 1.29 is 4.79 Å². The highest BCUT2D eigenvalue weighted by Crippen LogP contribution is 2.17. The van der Waals surface area contributed by atoms with Crippen LogP contribution in [0.2, 0.25) is 0 Å². The van der Waals surface area contributed by atoms with Crippen molar-refractivity contribution >= 4 is 6.03 Å². The second-order valence-corrected chi connectivity index (χ2v) is 4.82. The quantitative estimate of drug-likeness (QED) is 0.713. The molecule has 0 radical (unpaired) electrons. The maximum atomic E-state index is 11.6. The molecule has 15 heavy (non-hydrogen) atoms. The summed E-state index contributed by atoms with van der Waals surface area (Å²) in [5.41, 5.74) is 0. The van der Waals surface area contributed by atoms with Crippen LogP contribution in [0.5, 0.6) is 0 Å². The Kier molecular flexibility index (Phi) is 3.46. The Hall–Kier alpha value is -0.770. The summed E-state index contributed by atoms with van der Waals surface area (Å²) < 4.78 is 0. The fourth-order valence-corrected chi connectivity index (χ4v) is 2.12. The number of rotatable bonds is 2. The van der Waals surface area contributed by atoms with Crippen molar-refractivity contribution in [1.82, 2.24) is 15.5 Å². The molecule has 86 valence electrons. The molecule has 0 aromatic rings. The molecule has 2 fully saturated rings. The lowest BCUT2D eigenvalue weighted by Gasteiger charge is -2.31. The molecule has 1 saturated carbocycles. The number of amides is 2. The van der Waals surface area contributed by atoms with Crippen LogP contribution in [-0.2, 0) is 0 Å². The molecule has 0 aromatic heterocycles. The Bertz CT molecular complexity index is 220. The van der Waals surface area contributed by atoms with Crippen LogP contribution in [0.15, 0.2) is 0 Å². The van der Waals surface area contributed by atoms with Crippen molar-refractivity contribution in [2.24, 2.45) is 0 Å². The summed E-state index contributed by atoms with van der Waals surface area (Å²) in [6.07, 6.45) is 5.73. The van der Waals surface area contributed by atoms with Crippen LogP contribution in [-0.4, -0.2) is 43.2 Å². The molecule has 1 aliphatic heterocycles. The smallest absolute Gasteiger partial charge is 0.315 e. The van der Waals surface area contributed by atoms with Crippen molar-refractivity contribution in [2.75, 3.05) is 20.1 Å². The highest BCUT2D eigenvalue weighted by Gasteiger charge is 2.22. The first-order valence-electron chi connectivity index (χ1n) is 5.99. The Morgan fingerprint density at radius 3 is 2.07 bits per heavy atom. The molecule has 0 spiro atoms. The Labute approximate surface area is 91.4 Å². The van der Waals surface area contributed by atoms with E-state index in [2.05, 4.69) is 22.6 Å². The first kappa shape index (κ1) is 10.7. The van der Waals surface area contributed by atoms with E-state index in [0.717, 1.165) is 38.8 Å². The highest BCUT2D eigenvalue weighted by molar-refractivity contribution is 5.74. The predicted octanol–water partition coefficient (Wildman–Crippen LogP) is 0.932. The van der Waals surface area contributed by atoms with Gasteiger partial charge in [-0.25, -0.2) is 4.79 Å². The van der Waals surface area contributed by atoms with Gasteiger partial charge >= 0.3 is 6.03 Å². The van der Waals surface area contributed by atoms with E-state index in [0.29, 0.717) is 12.1 Å². The van der Waals surface area contributed by atoms with Gasteiger partial charge in [-0.05, 0) is 52.2 Å². The Morgan fingerprint density at radius 2 is 1.60 bits per heavy atom. The first-order valence-corrected chi connectivity index (χ1v) is 5.99. The van der Waals surface area contributed by atoms with E-state index in [1.54, 1.807) is 0 Å². The van der Waals surface area contributed by atoms with Crippen LogP contribution < -0.4 is 10.6 Å². The van der Waals surface area contributed by atoms with Gasteiger partial charge in [-0.2, -0.15) is 0 Å². The number of hydrogen-bond donors (Lipinski definition) is 2. The van der Waals surface area contributed by atoms with Crippen molar-refractivity contribution in [2.45, 2.75) is 44.2 Å². The number of nitrogens with one attached hydrogen (secondary N) is 2. The van der Waals surface area contributed by atoms with Crippen LogP contribution in [0, 0.1) is 0 Å². The van der Waals surface area contributed by atoms with Crippen LogP contribution in [0.25, 0.3) is 0 Å². The van der Waals surface area contributed by atoms with E-state index in [4.69, 9.17) is 0 Å². The zero-order chi connectivity index (χ0) is 10.7. The summed E-state index contributed by atoms with van der Waals surface area (Å²) in [6, 6.07) is 0.854. The zero-order valence-electron chi connectivity index (χ0n) is 9.46. The van der Waals surface area contributed by atoms with Gasteiger partial charge in [-0.3, -0.25) is 0 Å². The van der Waals surface area contributed by atoms with E-state index < -0.39 is 0 Å². The minimum absolute atomic E-state index is 0.0363. The molecule has 1 saturated heterocycles. The summed E-state index contributed by atoms with van der Waals surface area (Å²) >= 11 is 0. The summed E-state index contributed by atoms with van der Waals surface area (Å²) in [4.78, 5) is 13.9. The van der Waals surface area contributed by atoms with Crippen LogP contribution in [0.3, 0.4) is 0 Å². The van der Waals surface area contributed by atoms with Crippen molar-refractivity contribution in [3.8, 4) is 0 Å². The fourth-order valence-electron chi connectivity index (χ4n) is 2.12. The minimum Gasteiger partial charge on any atom is -0.335 e. The van der Waals surface area contributed by atoms with Crippen molar-refractivity contribution in [3.63, 3.8) is 0 Å². The Morgan fingerprint density at radius 1 is 1.07 bits per heavy atom. The topological polar surface area (TPSA) is 44.4 Å². The summed E-state index contributed by atoms with van der Waals surface area (Å²) in [5, 5.41) is 6.07. The molecule has 0 unspecified atom stereocenters. The molecular formula is C11H21N3O. The van der Waals surface area contributed by atoms with Gasteiger partial charge in [0.25, 0.3) is 0 Å². The Balaban J connectivity index is 1.64. The van der Waals surface area contributed by atoms with Crippen molar-refractivity contribution in [1.29, 1.82) is 0 Å². The van der Waals surface area contributed by atoms with Gasteiger partial charge in [0.1, 0.15) is 0 Å². The number of likely N-dealkylation sites (tertiary alicyclic amines) is 1. The number of carbonyl (C=O) groups excluding carboxylic acids is 1. The molecular weight excluding hydrogens is 190 g/mol. The number of carbonyl (C=O) groups is 1. The predicted molar refractivity (Wildman–Crippen MR) is 59.8 cm³/mol. The second-order valence-electron chi connectivity index (χ2n) is 4.82. The monoisotopic (exact) mass is 211 g/mol. The lowest BCUT2D eigenvalue weighted by Crippen LogP contribution is -2.50. The molecule has 4 heteroatoms. The average Bonchev–Trinajstić information content (AvgIpc) is 2.16. The van der Waals surface area contributed by atoms with E-state index in [1.807, 2.05) is 0 Å². The minimum atomic E-state index is 0.0363. The van der Waals surface area contributed by atoms with Gasteiger partial charge in [0, 0.05) is 12.1 Å². The third-order valence-electron chi connectivity index (χ3n) is 3.49. The molecule has 1 heterocycles. The molecule has 0 bridgehead atoms.